The maximum atomic E-state index is 13.7. The molecule has 1 aromatic rings. The molecule has 5 heteroatoms. The van der Waals surface area contributed by atoms with Crippen LogP contribution in [0, 0.1) is 11.7 Å². The lowest BCUT2D eigenvalue weighted by atomic mass is 9.72. The zero-order chi connectivity index (χ0) is 16.6. The van der Waals surface area contributed by atoms with Crippen molar-refractivity contribution in [2.45, 2.75) is 32.1 Å². The molecule has 0 spiro atoms. The van der Waals surface area contributed by atoms with Gasteiger partial charge >= 0.3 is 5.97 Å². The van der Waals surface area contributed by atoms with Gasteiger partial charge in [0.2, 0.25) is 0 Å². The van der Waals surface area contributed by atoms with E-state index in [1.807, 2.05) is 0 Å². The van der Waals surface area contributed by atoms with Gasteiger partial charge in [-0.2, -0.15) is 0 Å². The molecule has 2 atom stereocenters. The van der Waals surface area contributed by atoms with Crippen LogP contribution in [0.15, 0.2) is 40.5 Å². The van der Waals surface area contributed by atoms with Gasteiger partial charge in [0.15, 0.2) is 5.78 Å². The van der Waals surface area contributed by atoms with Gasteiger partial charge in [-0.3, -0.25) is 14.6 Å². The van der Waals surface area contributed by atoms with Gasteiger partial charge in [-0.15, -0.1) is 0 Å². The van der Waals surface area contributed by atoms with Crippen LogP contribution < -0.4 is 0 Å². The van der Waals surface area contributed by atoms with Gasteiger partial charge in [0.25, 0.3) is 0 Å². The van der Waals surface area contributed by atoms with Gasteiger partial charge in [-0.1, -0.05) is 12.1 Å². The van der Waals surface area contributed by atoms with Gasteiger partial charge in [-0.25, -0.2) is 4.39 Å². The summed E-state index contributed by atoms with van der Waals surface area (Å²) in [7, 11) is 1.31. The van der Waals surface area contributed by atoms with E-state index >= 15 is 0 Å². The number of esters is 1. The van der Waals surface area contributed by atoms with Crippen LogP contribution in [0.5, 0.6) is 0 Å². The lowest BCUT2D eigenvalue weighted by Gasteiger charge is -2.34. The van der Waals surface area contributed by atoms with E-state index in [1.165, 1.54) is 19.2 Å². The van der Waals surface area contributed by atoms with Crippen molar-refractivity contribution in [3.05, 3.63) is 46.9 Å². The molecule has 0 saturated heterocycles. The smallest absolute Gasteiger partial charge is 0.315 e. The number of carbonyl (C=O) groups is 2. The lowest BCUT2D eigenvalue weighted by molar-refractivity contribution is -0.143. The quantitative estimate of drug-likeness (QED) is 0.788. The Labute approximate surface area is 134 Å². The predicted octanol–water partition coefficient (Wildman–Crippen LogP) is 3.18. The summed E-state index contributed by atoms with van der Waals surface area (Å²) < 4.78 is 18.6. The van der Waals surface area contributed by atoms with Crippen LogP contribution in [0.25, 0.3) is 0 Å². The number of carbonyl (C=O) groups excluding carboxylic acids is 2. The first-order chi connectivity index (χ1) is 11.0. The number of rotatable bonds is 2. The van der Waals surface area contributed by atoms with E-state index in [0.29, 0.717) is 29.7 Å². The average Bonchev–Trinajstić information content (AvgIpc) is 2.53. The second-order valence-corrected chi connectivity index (χ2v) is 5.92. The van der Waals surface area contributed by atoms with Gasteiger partial charge in [0, 0.05) is 29.3 Å². The average molecular weight is 315 g/mol. The van der Waals surface area contributed by atoms with Crippen molar-refractivity contribution in [2.24, 2.45) is 10.9 Å². The number of hydrogen-bond acceptors (Lipinski definition) is 4. The summed E-state index contributed by atoms with van der Waals surface area (Å²) >= 11 is 0. The molecular formula is C18H18FNO3. The third-order valence-electron chi connectivity index (χ3n) is 4.50. The minimum atomic E-state index is -0.692. The van der Waals surface area contributed by atoms with E-state index in [1.54, 1.807) is 19.1 Å². The molecule has 1 aliphatic heterocycles. The van der Waals surface area contributed by atoms with Crippen LogP contribution in [-0.2, 0) is 14.3 Å². The van der Waals surface area contributed by atoms with Gasteiger partial charge in [0.1, 0.15) is 11.7 Å². The Morgan fingerprint density at radius 2 is 2.13 bits per heavy atom. The summed E-state index contributed by atoms with van der Waals surface area (Å²) in [4.78, 5) is 29.3. The SMILES string of the molecule is COC(=O)C1C(C)=NC2=C(C(=O)CCC2)[C@H]1c1cccc(F)c1. The number of ether oxygens (including phenoxy) is 1. The molecule has 0 N–H and O–H groups in total. The first-order valence-corrected chi connectivity index (χ1v) is 7.67. The zero-order valence-corrected chi connectivity index (χ0v) is 13.1. The molecule has 1 unspecified atom stereocenters. The Bertz CT molecular complexity index is 736. The Kier molecular flexibility index (Phi) is 4.11. The molecule has 0 saturated carbocycles. The molecule has 120 valence electrons. The number of aliphatic imine (C=N–C) groups is 1. The maximum Gasteiger partial charge on any atom is 0.315 e. The molecule has 0 amide bonds. The second-order valence-electron chi connectivity index (χ2n) is 5.92. The van der Waals surface area contributed by atoms with Gasteiger partial charge in [-0.05, 0) is 37.5 Å². The monoisotopic (exact) mass is 315 g/mol. The molecule has 1 heterocycles. The van der Waals surface area contributed by atoms with Crippen molar-refractivity contribution in [3.8, 4) is 0 Å². The van der Waals surface area contributed by atoms with Crippen molar-refractivity contribution in [1.29, 1.82) is 0 Å². The fourth-order valence-electron chi connectivity index (χ4n) is 3.50. The molecule has 1 aromatic carbocycles. The third kappa shape index (κ3) is 2.71. The minimum absolute atomic E-state index is 0.00864. The number of Topliss-reactive ketones (excluding diaryl/α,β-unsaturated/α-hetero) is 1. The van der Waals surface area contributed by atoms with Crippen LogP contribution in [0.2, 0.25) is 0 Å². The number of allylic oxidation sites excluding steroid dienone is 2. The summed E-state index contributed by atoms with van der Waals surface area (Å²) in [6.45, 7) is 1.76. The predicted molar refractivity (Wildman–Crippen MR) is 83.6 cm³/mol. The summed E-state index contributed by atoms with van der Waals surface area (Å²) in [6, 6.07) is 6.06. The molecule has 0 fully saturated rings. The minimum Gasteiger partial charge on any atom is -0.468 e. The fraction of sp³-hybridized carbons (Fsp3) is 0.389. The zero-order valence-electron chi connectivity index (χ0n) is 13.1. The summed E-state index contributed by atoms with van der Waals surface area (Å²) in [5.74, 6) is -2.08. The van der Waals surface area contributed by atoms with Gasteiger partial charge in [0.05, 0.1) is 7.11 Å². The first kappa shape index (κ1) is 15.6. The third-order valence-corrected chi connectivity index (χ3v) is 4.50. The topological polar surface area (TPSA) is 55.7 Å². The molecule has 0 radical (unpaired) electrons. The Hall–Kier alpha value is -2.30. The molecule has 0 aromatic heterocycles. The van der Waals surface area contributed by atoms with Crippen molar-refractivity contribution in [1.82, 2.24) is 0 Å². The highest BCUT2D eigenvalue weighted by atomic mass is 19.1. The number of nitrogens with zero attached hydrogens (tertiary/aromatic N) is 1. The van der Waals surface area contributed by atoms with Crippen LogP contribution >= 0.6 is 0 Å². The van der Waals surface area contributed by atoms with Crippen molar-refractivity contribution in [3.63, 3.8) is 0 Å². The van der Waals surface area contributed by atoms with Crippen LogP contribution in [0.3, 0.4) is 0 Å². The largest absolute Gasteiger partial charge is 0.468 e. The Morgan fingerprint density at radius 3 is 2.83 bits per heavy atom. The number of hydrogen-bond donors (Lipinski definition) is 0. The van der Waals surface area contributed by atoms with Crippen molar-refractivity contribution < 1.29 is 18.7 Å². The summed E-state index contributed by atoms with van der Waals surface area (Å²) in [5.41, 5.74) is 2.49. The van der Waals surface area contributed by atoms with Gasteiger partial charge < -0.3 is 4.74 Å². The maximum absolute atomic E-state index is 13.7. The standard InChI is InChI=1S/C18H18FNO3/c1-10-15(18(22)23-2)16(11-5-3-6-12(19)9-11)17-13(20-10)7-4-8-14(17)21/h3,5-6,9,15-16H,4,7-8H2,1-2H3/t15?,16-/m0/s1. The van der Waals surface area contributed by atoms with Crippen LogP contribution in [-0.4, -0.2) is 24.6 Å². The van der Waals surface area contributed by atoms with E-state index in [2.05, 4.69) is 4.99 Å². The Balaban J connectivity index is 2.19. The number of ketones is 1. The van der Waals surface area contributed by atoms with E-state index in [4.69, 9.17) is 4.74 Å². The molecule has 1 aliphatic carbocycles. The number of halogens is 1. The summed E-state index contributed by atoms with van der Waals surface area (Å²) in [6.07, 6.45) is 1.90. The molecule has 3 rings (SSSR count). The molecule has 2 aliphatic rings. The number of methoxy groups -OCH3 is 1. The van der Waals surface area contributed by atoms with E-state index in [9.17, 15) is 14.0 Å². The summed E-state index contributed by atoms with van der Waals surface area (Å²) in [5, 5.41) is 0. The van der Waals surface area contributed by atoms with Crippen molar-refractivity contribution >= 4 is 17.5 Å². The molecule has 4 nitrogen and oxygen atoms in total. The van der Waals surface area contributed by atoms with E-state index < -0.39 is 23.6 Å². The Morgan fingerprint density at radius 1 is 1.35 bits per heavy atom. The lowest BCUT2D eigenvalue weighted by Crippen LogP contribution is -2.36. The molecule has 23 heavy (non-hydrogen) atoms. The highest BCUT2D eigenvalue weighted by molar-refractivity contribution is 6.08. The van der Waals surface area contributed by atoms with E-state index in [-0.39, 0.29) is 5.78 Å². The normalized spacial score (nSPS) is 24.1. The first-order valence-electron chi connectivity index (χ1n) is 7.67. The van der Waals surface area contributed by atoms with Crippen molar-refractivity contribution in [2.75, 3.05) is 7.11 Å². The number of benzene rings is 1. The molecular weight excluding hydrogens is 297 g/mol. The highest BCUT2D eigenvalue weighted by Gasteiger charge is 2.42. The second kappa shape index (κ2) is 6.07. The van der Waals surface area contributed by atoms with Crippen LogP contribution in [0.1, 0.15) is 37.7 Å². The van der Waals surface area contributed by atoms with E-state index in [0.717, 1.165) is 12.1 Å². The molecule has 0 bridgehead atoms. The highest BCUT2D eigenvalue weighted by Crippen LogP contribution is 2.43. The fourth-order valence-corrected chi connectivity index (χ4v) is 3.50. The van der Waals surface area contributed by atoms with Crippen LogP contribution in [0.4, 0.5) is 4.39 Å².